The summed E-state index contributed by atoms with van der Waals surface area (Å²) in [5.41, 5.74) is 5.54. The van der Waals surface area contributed by atoms with Crippen LogP contribution in [0.1, 0.15) is 16.7 Å². The number of carbonyl (C=O) groups is 1. The van der Waals surface area contributed by atoms with Crippen molar-refractivity contribution >= 4 is 5.91 Å². The minimum atomic E-state index is -0.183. The highest BCUT2D eigenvalue weighted by Gasteiger charge is 2.04. The van der Waals surface area contributed by atoms with Crippen LogP contribution >= 0.6 is 0 Å². The summed E-state index contributed by atoms with van der Waals surface area (Å²) < 4.78 is 0. The van der Waals surface area contributed by atoms with Gasteiger partial charge in [0, 0.05) is 25.5 Å². The molecule has 2 rings (SSSR count). The van der Waals surface area contributed by atoms with Crippen molar-refractivity contribution in [3.8, 4) is 0 Å². The number of pyridine rings is 1. The monoisotopic (exact) mass is 284 g/mol. The summed E-state index contributed by atoms with van der Waals surface area (Å²) in [6, 6.07) is 12.1. The lowest BCUT2D eigenvalue weighted by atomic mass is 10.1. The van der Waals surface area contributed by atoms with Crippen molar-refractivity contribution in [2.24, 2.45) is 5.84 Å². The van der Waals surface area contributed by atoms with Crippen LogP contribution in [-0.4, -0.2) is 22.8 Å². The number of nitrogens with two attached hydrogens (primary N) is 1. The molecule has 1 heterocycles. The first-order valence-electron chi connectivity index (χ1n) is 6.82. The smallest absolute Gasteiger partial charge is 0.238 e. The molecule has 0 aliphatic rings. The third-order valence-corrected chi connectivity index (χ3v) is 3.20. The van der Waals surface area contributed by atoms with Gasteiger partial charge in [0.2, 0.25) is 5.91 Å². The largest absolute Gasteiger partial charge is 0.298 e. The van der Waals surface area contributed by atoms with E-state index in [0.29, 0.717) is 6.42 Å². The van der Waals surface area contributed by atoms with Crippen molar-refractivity contribution in [3.05, 3.63) is 65.5 Å². The molecular weight excluding hydrogens is 264 g/mol. The lowest BCUT2D eigenvalue weighted by molar-refractivity contribution is -0.120. The van der Waals surface area contributed by atoms with E-state index in [9.17, 15) is 4.79 Å². The van der Waals surface area contributed by atoms with Gasteiger partial charge in [-0.1, -0.05) is 24.3 Å². The Morgan fingerprint density at radius 1 is 1.05 bits per heavy atom. The Balaban J connectivity index is 1.89. The van der Waals surface area contributed by atoms with Gasteiger partial charge in [-0.3, -0.25) is 20.1 Å². The van der Waals surface area contributed by atoms with Gasteiger partial charge in [0.1, 0.15) is 0 Å². The van der Waals surface area contributed by atoms with Crippen LogP contribution in [0.3, 0.4) is 0 Å². The highest BCUT2D eigenvalue weighted by Crippen LogP contribution is 2.09. The van der Waals surface area contributed by atoms with Crippen LogP contribution in [0.25, 0.3) is 0 Å². The van der Waals surface area contributed by atoms with Crippen LogP contribution in [0, 0.1) is 0 Å². The van der Waals surface area contributed by atoms with Gasteiger partial charge in [0.15, 0.2) is 0 Å². The second kappa shape index (κ2) is 7.52. The number of nitrogens with zero attached hydrogens (tertiary/aromatic N) is 2. The van der Waals surface area contributed by atoms with Crippen molar-refractivity contribution < 1.29 is 4.79 Å². The van der Waals surface area contributed by atoms with E-state index in [-0.39, 0.29) is 5.91 Å². The third kappa shape index (κ3) is 4.98. The second-order valence-corrected chi connectivity index (χ2v) is 5.09. The zero-order valence-electron chi connectivity index (χ0n) is 12.1. The number of hydrogen-bond donors (Lipinski definition) is 2. The zero-order valence-corrected chi connectivity index (χ0v) is 12.1. The molecule has 5 nitrogen and oxygen atoms in total. The summed E-state index contributed by atoms with van der Waals surface area (Å²) in [6.07, 6.45) is 3.92. The van der Waals surface area contributed by atoms with Gasteiger partial charge in [0.25, 0.3) is 0 Å². The van der Waals surface area contributed by atoms with E-state index in [2.05, 4.69) is 22.4 Å². The van der Waals surface area contributed by atoms with Gasteiger partial charge in [0.05, 0.1) is 6.42 Å². The van der Waals surface area contributed by atoms with Crippen LogP contribution in [-0.2, 0) is 24.3 Å². The third-order valence-electron chi connectivity index (χ3n) is 3.20. The lowest BCUT2D eigenvalue weighted by Crippen LogP contribution is -2.31. The summed E-state index contributed by atoms with van der Waals surface area (Å²) in [5, 5.41) is 0. The first kappa shape index (κ1) is 15.2. The van der Waals surface area contributed by atoms with Gasteiger partial charge < -0.3 is 0 Å². The maximum Gasteiger partial charge on any atom is 0.238 e. The molecule has 0 unspecified atom stereocenters. The molecule has 0 aliphatic heterocycles. The van der Waals surface area contributed by atoms with Gasteiger partial charge in [-0.05, 0) is 35.9 Å². The predicted octanol–water partition coefficient (Wildman–Crippen LogP) is 1.25. The van der Waals surface area contributed by atoms with E-state index in [1.807, 2.05) is 36.4 Å². The van der Waals surface area contributed by atoms with E-state index in [1.54, 1.807) is 12.4 Å². The summed E-state index contributed by atoms with van der Waals surface area (Å²) in [6.45, 7) is 1.73. The van der Waals surface area contributed by atoms with E-state index < -0.39 is 0 Å². The second-order valence-electron chi connectivity index (χ2n) is 5.09. The number of rotatable bonds is 6. The first-order valence-corrected chi connectivity index (χ1v) is 6.82. The number of hydrogen-bond acceptors (Lipinski definition) is 4. The minimum Gasteiger partial charge on any atom is -0.298 e. The topological polar surface area (TPSA) is 71.2 Å². The van der Waals surface area contributed by atoms with E-state index in [0.717, 1.165) is 18.7 Å². The SMILES string of the molecule is CN(Cc1ccncc1)Cc1ccc(CC(=O)NN)cc1. The summed E-state index contributed by atoms with van der Waals surface area (Å²) in [4.78, 5) is 17.4. The molecule has 0 spiro atoms. The number of hydrazine groups is 1. The van der Waals surface area contributed by atoms with E-state index >= 15 is 0 Å². The zero-order chi connectivity index (χ0) is 15.1. The molecule has 3 N–H and O–H groups in total. The molecule has 0 bridgehead atoms. The van der Waals surface area contributed by atoms with E-state index in [1.165, 1.54) is 11.1 Å². The molecule has 0 saturated heterocycles. The molecule has 1 amide bonds. The summed E-state index contributed by atoms with van der Waals surface area (Å²) in [5.74, 6) is 4.90. The lowest BCUT2D eigenvalue weighted by Gasteiger charge is -2.17. The Morgan fingerprint density at radius 2 is 1.57 bits per heavy atom. The number of carbonyl (C=O) groups excluding carboxylic acids is 1. The Labute approximate surface area is 124 Å². The van der Waals surface area contributed by atoms with Crippen molar-refractivity contribution in [2.45, 2.75) is 19.5 Å². The standard InChI is InChI=1S/C16H20N4O/c1-20(12-15-6-8-18-9-7-15)11-14-4-2-13(3-5-14)10-16(21)19-17/h2-9H,10-12,17H2,1H3,(H,19,21). The van der Waals surface area contributed by atoms with Crippen molar-refractivity contribution in [1.29, 1.82) is 0 Å². The minimum absolute atomic E-state index is 0.183. The number of benzene rings is 1. The maximum absolute atomic E-state index is 11.2. The Hall–Kier alpha value is -2.24. The van der Waals surface area contributed by atoms with Gasteiger partial charge in [-0.2, -0.15) is 0 Å². The number of nitrogens with one attached hydrogen (secondary N) is 1. The summed E-state index contributed by atoms with van der Waals surface area (Å²) >= 11 is 0. The van der Waals surface area contributed by atoms with Crippen molar-refractivity contribution in [1.82, 2.24) is 15.3 Å². The molecule has 21 heavy (non-hydrogen) atoms. The highest BCUT2D eigenvalue weighted by molar-refractivity contribution is 5.77. The molecule has 1 aromatic carbocycles. The van der Waals surface area contributed by atoms with Gasteiger partial charge in [-0.15, -0.1) is 0 Å². The fourth-order valence-corrected chi connectivity index (χ4v) is 2.17. The number of amides is 1. The molecule has 110 valence electrons. The quantitative estimate of drug-likeness (QED) is 0.476. The van der Waals surface area contributed by atoms with Crippen LogP contribution in [0.4, 0.5) is 0 Å². The highest BCUT2D eigenvalue weighted by atomic mass is 16.2. The van der Waals surface area contributed by atoms with Crippen LogP contribution in [0.5, 0.6) is 0 Å². The Bertz CT molecular complexity index is 569. The Kier molecular flexibility index (Phi) is 5.43. The average Bonchev–Trinajstić information content (AvgIpc) is 2.50. The van der Waals surface area contributed by atoms with E-state index in [4.69, 9.17) is 5.84 Å². The van der Waals surface area contributed by atoms with Gasteiger partial charge >= 0.3 is 0 Å². The average molecular weight is 284 g/mol. The molecule has 2 aromatic rings. The van der Waals surface area contributed by atoms with Crippen LogP contribution in [0.15, 0.2) is 48.8 Å². The molecule has 5 heteroatoms. The fourth-order valence-electron chi connectivity index (χ4n) is 2.17. The normalized spacial score (nSPS) is 10.6. The Morgan fingerprint density at radius 3 is 2.14 bits per heavy atom. The predicted molar refractivity (Wildman–Crippen MR) is 81.9 cm³/mol. The molecule has 0 atom stereocenters. The summed E-state index contributed by atoms with van der Waals surface area (Å²) in [7, 11) is 2.08. The molecular formula is C16H20N4O. The molecule has 0 saturated carbocycles. The van der Waals surface area contributed by atoms with Crippen LogP contribution in [0.2, 0.25) is 0 Å². The van der Waals surface area contributed by atoms with Crippen LogP contribution < -0.4 is 11.3 Å². The van der Waals surface area contributed by atoms with Crippen molar-refractivity contribution in [3.63, 3.8) is 0 Å². The molecule has 0 aliphatic carbocycles. The van der Waals surface area contributed by atoms with Gasteiger partial charge in [-0.25, -0.2) is 5.84 Å². The molecule has 0 fully saturated rings. The molecule has 0 radical (unpaired) electrons. The first-order chi connectivity index (χ1) is 10.2. The molecule has 1 aromatic heterocycles. The maximum atomic E-state index is 11.2. The number of aromatic nitrogens is 1. The van der Waals surface area contributed by atoms with Crippen molar-refractivity contribution in [2.75, 3.05) is 7.05 Å². The fraction of sp³-hybridized carbons (Fsp3) is 0.250.